The van der Waals surface area contributed by atoms with Crippen molar-refractivity contribution in [1.82, 2.24) is 9.97 Å². The molecule has 1 aliphatic rings. The predicted molar refractivity (Wildman–Crippen MR) is 204 cm³/mol. The Morgan fingerprint density at radius 3 is 1.82 bits per heavy atom. The molecule has 0 N–H and O–H groups in total. The molecule has 0 bridgehead atoms. The van der Waals surface area contributed by atoms with Gasteiger partial charge >= 0.3 is 0 Å². The maximum Gasteiger partial charge on any atom is 0.0714 e. The molecule has 234 valence electrons. The maximum absolute atomic E-state index is 5.04. The van der Waals surface area contributed by atoms with Crippen LogP contribution in [0.4, 0.5) is 0 Å². The first-order chi connectivity index (χ1) is 23.9. The van der Waals surface area contributed by atoms with Crippen molar-refractivity contribution in [2.45, 2.75) is 31.6 Å². The number of benzene rings is 6. The first-order valence-corrected chi connectivity index (χ1v) is 17.1. The Labute approximate surface area is 287 Å². The monoisotopic (exact) mass is 628 g/mol. The minimum Gasteiger partial charge on any atom is -0.256 e. The minimum atomic E-state index is -0.590. The van der Waals surface area contributed by atoms with Gasteiger partial charge in [-0.25, -0.2) is 0 Å². The van der Waals surface area contributed by atoms with Crippen LogP contribution in [0.25, 0.3) is 55.2 Å². The third kappa shape index (κ3) is 4.63. The largest absolute Gasteiger partial charge is 0.256 e. The van der Waals surface area contributed by atoms with Crippen LogP contribution >= 0.6 is 0 Å². The van der Waals surface area contributed by atoms with Gasteiger partial charge in [-0.1, -0.05) is 130 Å². The zero-order chi connectivity index (χ0) is 33.2. The lowest BCUT2D eigenvalue weighted by atomic mass is 9.65. The van der Waals surface area contributed by atoms with Crippen LogP contribution in [0.15, 0.2) is 164 Å². The van der Waals surface area contributed by atoms with Crippen LogP contribution in [-0.4, -0.2) is 9.97 Å². The van der Waals surface area contributed by atoms with Crippen LogP contribution in [0, 0.1) is 0 Å². The van der Waals surface area contributed by atoms with Crippen molar-refractivity contribution in [1.29, 1.82) is 0 Å². The van der Waals surface area contributed by atoms with Crippen molar-refractivity contribution in [3.63, 3.8) is 0 Å². The molecule has 1 aliphatic carbocycles. The average molecular weight is 629 g/mol. The zero-order valence-electron chi connectivity index (χ0n) is 28.0. The van der Waals surface area contributed by atoms with E-state index in [4.69, 9.17) is 9.97 Å². The van der Waals surface area contributed by atoms with E-state index in [1.807, 2.05) is 18.5 Å². The summed E-state index contributed by atoms with van der Waals surface area (Å²) in [5.74, 6) is 0. The molecule has 0 unspecified atom stereocenters. The maximum atomic E-state index is 5.04. The van der Waals surface area contributed by atoms with Crippen molar-refractivity contribution in [3.05, 3.63) is 192 Å². The van der Waals surface area contributed by atoms with E-state index in [0.717, 1.165) is 27.9 Å². The standard InChI is InChI=1S/C47H36N2/c1-46(2,3)35-25-34(45-27-31-14-4-5-16-33(31)30-49-45)26-36(28-35)47(42-20-10-8-18-39(42)40-19-9-11-21-43(40)47)37-24-32-15-6-7-17-38(32)41(29-37)44-22-12-13-23-48-44/h4-30H,1-3H3. The fourth-order valence-electron chi connectivity index (χ4n) is 7.95. The highest BCUT2D eigenvalue weighted by molar-refractivity contribution is 5.98. The minimum absolute atomic E-state index is 0.0943. The van der Waals surface area contributed by atoms with Gasteiger partial charge in [-0.15, -0.1) is 0 Å². The van der Waals surface area contributed by atoms with E-state index in [1.54, 1.807) is 0 Å². The van der Waals surface area contributed by atoms with Crippen LogP contribution in [0.5, 0.6) is 0 Å². The number of pyridine rings is 2. The van der Waals surface area contributed by atoms with Gasteiger partial charge in [0.15, 0.2) is 0 Å². The van der Waals surface area contributed by atoms with Gasteiger partial charge in [0.25, 0.3) is 0 Å². The molecule has 2 aromatic heterocycles. The highest BCUT2D eigenvalue weighted by Gasteiger charge is 2.47. The number of nitrogens with zero attached hydrogens (tertiary/aromatic N) is 2. The Hall–Kier alpha value is -5.86. The lowest BCUT2D eigenvalue weighted by Crippen LogP contribution is -2.29. The third-order valence-electron chi connectivity index (χ3n) is 10.3. The van der Waals surface area contributed by atoms with Gasteiger partial charge in [0.2, 0.25) is 0 Å². The number of hydrogen-bond donors (Lipinski definition) is 0. The van der Waals surface area contributed by atoms with Crippen molar-refractivity contribution >= 4 is 21.5 Å². The molecule has 0 aliphatic heterocycles. The summed E-state index contributed by atoms with van der Waals surface area (Å²) in [6.45, 7) is 6.92. The second kappa shape index (κ2) is 11.1. The van der Waals surface area contributed by atoms with E-state index >= 15 is 0 Å². The lowest BCUT2D eigenvalue weighted by Gasteiger charge is -2.36. The van der Waals surface area contributed by atoms with Crippen LogP contribution in [0.2, 0.25) is 0 Å². The number of rotatable bonds is 4. The highest BCUT2D eigenvalue weighted by atomic mass is 14.7. The summed E-state index contributed by atoms with van der Waals surface area (Å²) in [6.07, 6.45) is 3.90. The molecule has 2 heteroatoms. The summed E-state index contributed by atoms with van der Waals surface area (Å²) in [6, 6.07) is 55.6. The molecule has 9 rings (SSSR count). The Morgan fingerprint density at radius 2 is 1.10 bits per heavy atom. The van der Waals surface area contributed by atoms with Crippen LogP contribution in [0.1, 0.15) is 48.6 Å². The van der Waals surface area contributed by atoms with Crippen LogP contribution in [0.3, 0.4) is 0 Å². The molecule has 0 radical (unpaired) electrons. The fourth-order valence-corrected chi connectivity index (χ4v) is 7.95. The van der Waals surface area contributed by atoms with E-state index in [-0.39, 0.29) is 5.41 Å². The SMILES string of the molecule is CC(C)(C)c1cc(-c2cc3ccccc3cn2)cc(C2(c3cc(-c4ccccn4)c4ccccc4c3)c3ccccc3-c3ccccc32)c1. The van der Waals surface area contributed by atoms with Crippen molar-refractivity contribution in [2.75, 3.05) is 0 Å². The van der Waals surface area contributed by atoms with Crippen LogP contribution < -0.4 is 0 Å². The molecule has 8 aromatic rings. The van der Waals surface area contributed by atoms with Gasteiger partial charge in [0.05, 0.1) is 16.8 Å². The van der Waals surface area contributed by atoms with E-state index in [1.165, 1.54) is 55.1 Å². The smallest absolute Gasteiger partial charge is 0.0714 e. The molecule has 0 spiro atoms. The van der Waals surface area contributed by atoms with Gasteiger partial charge in [-0.2, -0.15) is 0 Å². The zero-order valence-corrected chi connectivity index (χ0v) is 28.0. The highest BCUT2D eigenvalue weighted by Crippen LogP contribution is 2.57. The summed E-state index contributed by atoms with van der Waals surface area (Å²) in [5, 5.41) is 4.73. The predicted octanol–water partition coefficient (Wildman–Crippen LogP) is 11.8. The normalized spacial score (nSPS) is 13.4. The molecule has 0 amide bonds. The second-order valence-electron chi connectivity index (χ2n) is 14.3. The fraction of sp³-hybridized carbons (Fsp3) is 0.106. The molecule has 6 aromatic carbocycles. The third-order valence-corrected chi connectivity index (χ3v) is 10.3. The molecular weight excluding hydrogens is 593 g/mol. The van der Waals surface area contributed by atoms with Crippen LogP contribution in [-0.2, 0) is 10.8 Å². The second-order valence-corrected chi connectivity index (χ2v) is 14.3. The Bertz CT molecular complexity index is 2490. The van der Waals surface area contributed by atoms with Gasteiger partial charge in [-0.05, 0) is 103 Å². The molecule has 0 saturated heterocycles. The van der Waals surface area contributed by atoms with Crippen molar-refractivity contribution in [2.24, 2.45) is 0 Å². The Balaban J connectivity index is 1.43. The quantitative estimate of drug-likeness (QED) is 0.194. The summed E-state index contributed by atoms with van der Waals surface area (Å²) < 4.78 is 0. The summed E-state index contributed by atoms with van der Waals surface area (Å²) in [5.41, 5.74) is 12.4. The molecule has 2 nitrogen and oxygen atoms in total. The summed E-state index contributed by atoms with van der Waals surface area (Å²) >= 11 is 0. The summed E-state index contributed by atoms with van der Waals surface area (Å²) in [4.78, 5) is 9.91. The molecule has 2 heterocycles. The van der Waals surface area contributed by atoms with E-state index in [2.05, 4.69) is 166 Å². The van der Waals surface area contributed by atoms with Gasteiger partial charge in [0.1, 0.15) is 0 Å². The Kier molecular flexibility index (Phi) is 6.64. The number of aromatic nitrogens is 2. The molecule has 0 fully saturated rings. The number of fused-ring (bicyclic) bond motifs is 5. The average Bonchev–Trinajstić information content (AvgIpc) is 3.45. The van der Waals surface area contributed by atoms with Gasteiger partial charge in [0, 0.05) is 28.9 Å². The van der Waals surface area contributed by atoms with Gasteiger partial charge < -0.3 is 0 Å². The van der Waals surface area contributed by atoms with E-state index in [9.17, 15) is 0 Å². The first kappa shape index (κ1) is 29.3. The summed E-state index contributed by atoms with van der Waals surface area (Å²) in [7, 11) is 0. The molecule has 0 atom stereocenters. The van der Waals surface area contributed by atoms with Crippen molar-refractivity contribution in [3.8, 4) is 33.6 Å². The topological polar surface area (TPSA) is 25.8 Å². The van der Waals surface area contributed by atoms with Crippen molar-refractivity contribution < 1.29 is 0 Å². The Morgan fingerprint density at radius 1 is 0.469 bits per heavy atom. The van der Waals surface area contributed by atoms with E-state index in [0.29, 0.717) is 0 Å². The molecule has 0 saturated carbocycles. The van der Waals surface area contributed by atoms with Gasteiger partial charge in [-0.3, -0.25) is 9.97 Å². The number of hydrogen-bond acceptors (Lipinski definition) is 2. The lowest BCUT2D eigenvalue weighted by molar-refractivity contribution is 0.587. The first-order valence-electron chi connectivity index (χ1n) is 17.1. The van der Waals surface area contributed by atoms with E-state index < -0.39 is 5.41 Å². The molecular formula is C47H36N2. The molecule has 49 heavy (non-hydrogen) atoms.